The Morgan fingerprint density at radius 3 is 2.93 bits per heavy atom. The van der Waals surface area contributed by atoms with Crippen LogP contribution in [-0.2, 0) is 11.2 Å². The fourth-order valence-electron chi connectivity index (χ4n) is 2.83. The highest BCUT2D eigenvalue weighted by Crippen LogP contribution is 2.28. The molecular weight excluding hydrogens is 378 g/mol. The SMILES string of the molecule is O=C1N=C(NCCc2cccc(Cl)c2)SC1=Cc1ccc2ncccc2c1. The van der Waals surface area contributed by atoms with Gasteiger partial charge in [0.05, 0.1) is 10.4 Å². The first-order chi connectivity index (χ1) is 13.2. The maximum atomic E-state index is 12.2. The molecule has 2 aromatic carbocycles. The van der Waals surface area contributed by atoms with E-state index in [-0.39, 0.29) is 5.91 Å². The Hall–Kier alpha value is -2.63. The van der Waals surface area contributed by atoms with Gasteiger partial charge in [-0.1, -0.05) is 35.9 Å². The summed E-state index contributed by atoms with van der Waals surface area (Å²) >= 11 is 7.36. The number of hydrogen-bond donors (Lipinski definition) is 1. The standard InChI is InChI=1S/C21H16ClN3OS/c22-17-5-1-3-14(12-17)8-10-24-21-25-20(26)19(27-21)13-15-6-7-18-16(11-15)4-2-9-23-18/h1-7,9,11-13H,8,10H2,(H,24,25,26). The lowest BCUT2D eigenvalue weighted by molar-refractivity contribution is -0.113. The van der Waals surface area contributed by atoms with Crippen LogP contribution in [0.3, 0.4) is 0 Å². The molecular formula is C21H16ClN3OS. The zero-order valence-corrected chi connectivity index (χ0v) is 15.9. The Bertz CT molecular complexity index is 1080. The Labute approximate surface area is 166 Å². The third-order valence-corrected chi connectivity index (χ3v) is 5.30. The Morgan fingerprint density at radius 2 is 2.04 bits per heavy atom. The number of carbonyl (C=O) groups excluding carboxylic acids is 1. The largest absolute Gasteiger partial charge is 0.364 e. The summed E-state index contributed by atoms with van der Waals surface area (Å²) in [7, 11) is 0. The highest BCUT2D eigenvalue weighted by Gasteiger charge is 2.21. The predicted molar refractivity (Wildman–Crippen MR) is 113 cm³/mol. The van der Waals surface area contributed by atoms with E-state index in [2.05, 4.69) is 15.3 Å². The number of aromatic nitrogens is 1. The normalized spacial score (nSPS) is 15.4. The summed E-state index contributed by atoms with van der Waals surface area (Å²) in [5.74, 6) is -0.212. The van der Waals surface area contributed by atoms with Crippen molar-refractivity contribution >= 4 is 51.4 Å². The molecule has 0 unspecified atom stereocenters. The smallest absolute Gasteiger partial charge is 0.286 e. The van der Waals surface area contributed by atoms with Gasteiger partial charge in [0.25, 0.3) is 5.91 Å². The van der Waals surface area contributed by atoms with Gasteiger partial charge in [-0.15, -0.1) is 0 Å². The van der Waals surface area contributed by atoms with Crippen LogP contribution in [0, 0.1) is 0 Å². The number of nitrogens with one attached hydrogen (secondary N) is 1. The lowest BCUT2D eigenvalue weighted by Crippen LogP contribution is -2.21. The fraction of sp³-hybridized carbons (Fsp3) is 0.0952. The van der Waals surface area contributed by atoms with Crippen LogP contribution in [0.4, 0.5) is 0 Å². The second kappa shape index (κ2) is 7.94. The van der Waals surface area contributed by atoms with Gasteiger partial charge in [0.15, 0.2) is 5.17 Å². The molecule has 0 spiro atoms. The van der Waals surface area contributed by atoms with Crippen molar-refractivity contribution < 1.29 is 4.79 Å². The van der Waals surface area contributed by atoms with Gasteiger partial charge in [-0.05, 0) is 65.7 Å². The average molecular weight is 394 g/mol. The molecule has 134 valence electrons. The van der Waals surface area contributed by atoms with Crippen LogP contribution in [-0.4, -0.2) is 22.6 Å². The van der Waals surface area contributed by atoms with Gasteiger partial charge in [0, 0.05) is 23.2 Å². The minimum absolute atomic E-state index is 0.212. The molecule has 0 saturated heterocycles. The fourth-order valence-corrected chi connectivity index (χ4v) is 3.88. The maximum Gasteiger partial charge on any atom is 0.286 e. The number of fused-ring (bicyclic) bond motifs is 1. The van der Waals surface area contributed by atoms with E-state index in [0.717, 1.165) is 33.5 Å². The van der Waals surface area contributed by atoms with Crippen molar-refractivity contribution in [1.29, 1.82) is 0 Å². The summed E-state index contributed by atoms with van der Waals surface area (Å²) in [6.45, 7) is 0.689. The van der Waals surface area contributed by atoms with Crippen molar-refractivity contribution in [3.05, 3.63) is 81.8 Å². The molecule has 1 amide bonds. The van der Waals surface area contributed by atoms with E-state index >= 15 is 0 Å². The number of nitrogens with zero attached hydrogens (tertiary/aromatic N) is 2. The van der Waals surface area contributed by atoms with Crippen molar-refractivity contribution in [2.45, 2.75) is 6.42 Å². The first kappa shape index (κ1) is 17.8. The minimum atomic E-state index is -0.212. The molecule has 1 aliphatic heterocycles. The summed E-state index contributed by atoms with van der Waals surface area (Å²) < 4.78 is 0. The first-order valence-electron chi connectivity index (χ1n) is 8.53. The molecule has 0 radical (unpaired) electrons. The summed E-state index contributed by atoms with van der Waals surface area (Å²) in [4.78, 5) is 21.2. The minimum Gasteiger partial charge on any atom is -0.364 e. The molecule has 1 N–H and O–H groups in total. The van der Waals surface area contributed by atoms with Gasteiger partial charge >= 0.3 is 0 Å². The zero-order valence-electron chi connectivity index (χ0n) is 14.4. The van der Waals surface area contributed by atoms with Gasteiger partial charge in [0.2, 0.25) is 0 Å². The number of benzene rings is 2. The summed E-state index contributed by atoms with van der Waals surface area (Å²) in [5, 5.41) is 5.63. The molecule has 4 rings (SSSR count). The average Bonchev–Trinajstić information content (AvgIpc) is 3.01. The van der Waals surface area contributed by atoms with Gasteiger partial charge in [-0.3, -0.25) is 9.78 Å². The topological polar surface area (TPSA) is 54.4 Å². The van der Waals surface area contributed by atoms with Crippen molar-refractivity contribution in [3.63, 3.8) is 0 Å². The second-order valence-corrected chi connectivity index (χ2v) is 7.56. The predicted octanol–water partition coefficient (Wildman–Crippen LogP) is 4.69. The van der Waals surface area contributed by atoms with E-state index in [1.54, 1.807) is 6.20 Å². The van der Waals surface area contributed by atoms with Crippen LogP contribution in [0.1, 0.15) is 11.1 Å². The van der Waals surface area contributed by atoms with Crippen LogP contribution in [0.15, 0.2) is 70.7 Å². The number of pyridine rings is 1. The quantitative estimate of drug-likeness (QED) is 0.653. The lowest BCUT2D eigenvalue weighted by Gasteiger charge is -2.05. The molecule has 2 heterocycles. The van der Waals surface area contributed by atoms with E-state index in [0.29, 0.717) is 16.6 Å². The molecule has 0 aliphatic carbocycles. The third kappa shape index (κ3) is 4.38. The molecule has 6 heteroatoms. The molecule has 1 aromatic heterocycles. The van der Waals surface area contributed by atoms with Crippen LogP contribution in [0.5, 0.6) is 0 Å². The van der Waals surface area contributed by atoms with Crippen molar-refractivity contribution in [1.82, 2.24) is 10.3 Å². The Morgan fingerprint density at radius 1 is 1.11 bits per heavy atom. The number of carbonyl (C=O) groups is 1. The van der Waals surface area contributed by atoms with Crippen molar-refractivity contribution in [2.75, 3.05) is 6.54 Å². The lowest BCUT2D eigenvalue weighted by atomic mass is 10.1. The number of halogens is 1. The molecule has 27 heavy (non-hydrogen) atoms. The summed E-state index contributed by atoms with van der Waals surface area (Å²) in [5.41, 5.74) is 3.04. The maximum absolute atomic E-state index is 12.2. The molecule has 0 atom stereocenters. The van der Waals surface area contributed by atoms with Crippen LogP contribution < -0.4 is 5.32 Å². The van der Waals surface area contributed by atoms with E-state index in [1.807, 2.05) is 60.7 Å². The number of aliphatic imine (C=N–C) groups is 1. The Balaban J connectivity index is 1.40. The van der Waals surface area contributed by atoms with E-state index < -0.39 is 0 Å². The second-order valence-electron chi connectivity index (χ2n) is 6.09. The number of amidine groups is 1. The van der Waals surface area contributed by atoms with Crippen LogP contribution in [0.2, 0.25) is 5.02 Å². The number of hydrogen-bond acceptors (Lipinski definition) is 4. The molecule has 4 nitrogen and oxygen atoms in total. The number of thioether (sulfide) groups is 1. The van der Waals surface area contributed by atoms with Crippen LogP contribution in [0.25, 0.3) is 17.0 Å². The molecule has 3 aromatic rings. The van der Waals surface area contributed by atoms with Gasteiger partial charge < -0.3 is 5.32 Å². The Kier molecular flexibility index (Phi) is 5.23. The third-order valence-electron chi connectivity index (χ3n) is 4.12. The van der Waals surface area contributed by atoms with Crippen LogP contribution >= 0.6 is 23.4 Å². The van der Waals surface area contributed by atoms with Crippen molar-refractivity contribution in [2.24, 2.45) is 4.99 Å². The highest BCUT2D eigenvalue weighted by atomic mass is 35.5. The number of amides is 1. The monoisotopic (exact) mass is 393 g/mol. The summed E-state index contributed by atoms with van der Waals surface area (Å²) in [6.07, 6.45) is 4.45. The first-order valence-corrected chi connectivity index (χ1v) is 9.72. The summed E-state index contributed by atoms with van der Waals surface area (Å²) in [6, 6.07) is 17.6. The van der Waals surface area contributed by atoms with E-state index in [4.69, 9.17) is 11.6 Å². The van der Waals surface area contributed by atoms with Gasteiger partial charge in [-0.2, -0.15) is 4.99 Å². The molecule has 0 fully saturated rings. The van der Waals surface area contributed by atoms with Crippen molar-refractivity contribution in [3.8, 4) is 0 Å². The number of rotatable bonds is 4. The molecule has 0 saturated carbocycles. The zero-order chi connectivity index (χ0) is 18.6. The molecule has 1 aliphatic rings. The highest BCUT2D eigenvalue weighted by molar-refractivity contribution is 8.18. The van der Waals surface area contributed by atoms with E-state index in [1.165, 1.54) is 11.8 Å². The molecule has 0 bridgehead atoms. The van der Waals surface area contributed by atoms with Gasteiger partial charge in [0.1, 0.15) is 0 Å². The van der Waals surface area contributed by atoms with E-state index in [9.17, 15) is 4.79 Å². The van der Waals surface area contributed by atoms with Gasteiger partial charge in [-0.25, -0.2) is 0 Å².